The first-order valence-corrected chi connectivity index (χ1v) is 7.41. The van der Waals surface area contributed by atoms with Crippen molar-refractivity contribution in [2.75, 3.05) is 0 Å². The third-order valence-corrected chi connectivity index (χ3v) is 3.98. The quantitative estimate of drug-likeness (QED) is 0.897. The molecule has 0 unspecified atom stereocenters. The first kappa shape index (κ1) is 14.1. The normalized spacial score (nSPS) is 15.4. The number of aliphatic hydroxyl groups is 1. The molecule has 2 aromatic rings. The van der Waals surface area contributed by atoms with Gasteiger partial charge in [-0.15, -0.1) is 0 Å². The molecule has 1 atom stereocenters. The molecular weight excluding hydrogens is 267 g/mol. The van der Waals surface area contributed by atoms with Gasteiger partial charge in [-0.1, -0.05) is 12.1 Å². The highest BCUT2D eigenvalue weighted by Gasteiger charge is 2.16. The molecule has 2 nitrogen and oxygen atoms in total. The van der Waals surface area contributed by atoms with E-state index in [9.17, 15) is 9.50 Å². The molecule has 3 heteroatoms. The van der Waals surface area contributed by atoms with Crippen molar-refractivity contribution < 1.29 is 14.2 Å². The first-order valence-electron chi connectivity index (χ1n) is 7.41. The second-order valence-electron chi connectivity index (χ2n) is 5.57. The zero-order valence-electron chi connectivity index (χ0n) is 12.1. The van der Waals surface area contributed by atoms with Gasteiger partial charge in [0, 0.05) is 0 Å². The maximum atomic E-state index is 13.8. The number of fused-ring (bicyclic) bond motifs is 1. The topological polar surface area (TPSA) is 29.5 Å². The summed E-state index contributed by atoms with van der Waals surface area (Å²) in [7, 11) is 0. The van der Waals surface area contributed by atoms with Gasteiger partial charge in [0.15, 0.2) is 0 Å². The lowest BCUT2D eigenvalue weighted by atomic mass is 9.92. The van der Waals surface area contributed by atoms with E-state index in [1.54, 1.807) is 12.1 Å². The highest BCUT2D eigenvalue weighted by molar-refractivity contribution is 5.43. The van der Waals surface area contributed by atoms with Gasteiger partial charge >= 0.3 is 0 Å². The Morgan fingerprint density at radius 3 is 2.62 bits per heavy atom. The Bertz CT molecular complexity index is 650. The maximum Gasteiger partial charge on any atom is 0.136 e. The number of halogens is 1. The van der Waals surface area contributed by atoms with E-state index in [4.69, 9.17) is 4.74 Å². The van der Waals surface area contributed by atoms with Crippen LogP contribution in [0.1, 0.15) is 42.6 Å². The summed E-state index contributed by atoms with van der Waals surface area (Å²) in [6.45, 7) is 1.54. The van der Waals surface area contributed by atoms with Gasteiger partial charge in [0.1, 0.15) is 17.3 Å². The largest absolute Gasteiger partial charge is 0.457 e. The third kappa shape index (κ3) is 2.93. The van der Waals surface area contributed by atoms with Crippen LogP contribution in [-0.4, -0.2) is 5.11 Å². The van der Waals surface area contributed by atoms with E-state index >= 15 is 0 Å². The van der Waals surface area contributed by atoms with Crippen LogP contribution in [0.2, 0.25) is 0 Å². The molecule has 0 saturated heterocycles. The summed E-state index contributed by atoms with van der Waals surface area (Å²) in [6.07, 6.45) is 3.73. The Morgan fingerprint density at radius 1 is 1.10 bits per heavy atom. The van der Waals surface area contributed by atoms with Crippen LogP contribution in [0.4, 0.5) is 4.39 Å². The summed E-state index contributed by atoms with van der Waals surface area (Å²) >= 11 is 0. The lowest BCUT2D eigenvalue weighted by molar-refractivity contribution is 0.190. The molecular formula is C18H19FO2. The summed E-state index contributed by atoms with van der Waals surface area (Å²) in [5, 5.41) is 9.74. The Hall–Kier alpha value is -1.87. The number of ether oxygens (including phenoxy) is 1. The second-order valence-corrected chi connectivity index (χ2v) is 5.57. The van der Waals surface area contributed by atoms with Crippen LogP contribution in [0, 0.1) is 5.82 Å². The van der Waals surface area contributed by atoms with E-state index < -0.39 is 11.9 Å². The minimum atomic E-state index is -0.904. The molecule has 0 saturated carbocycles. The number of aliphatic hydroxyl groups excluding tert-OH is 1. The summed E-state index contributed by atoms with van der Waals surface area (Å²) < 4.78 is 19.7. The zero-order chi connectivity index (χ0) is 14.8. The predicted octanol–water partition coefficient (Wildman–Crippen LogP) is 4.55. The van der Waals surface area contributed by atoms with E-state index in [0.717, 1.165) is 12.8 Å². The monoisotopic (exact) mass is 286 g/mol. The third-order valence-electron chi connectivity index (χ3n) is 3.98. The molecule has 3 rings (SSSR count). The average Bonchev–Trinajstić information content (AvgIpc) is 2.47. The Balaban J connectivity index is 1.92. The van der Waals surface area contributed by atoms with Gasteiger partial charge < -0.3 is 9.84 Å². The fourth-order valence-electron chi connectivity index (χ4n) is 2.91. The molecule has 0 spiro atoms. The number of hydrogen-bond donors (Lipinski definition) is 1. The van der Waals surface area contributed by atoms with Crippen LogP contribution in [0.25, 0.3) is 0 Å². The second kappa shape index (κ2) is 5.86. The van der Waals surface area contributed by atoms with Crippen molar-refractivity contribution in [2.45, 2.75) is 38.7 Å². The van der Waals surface area contributed by atoms with Gasteiger partial charge in [-0.2, -0.15) is 0 Å². The molecule has 110 valence electrons. The van der Waals surface area contributed by atoms with Gasteiger partial charge in [0.25, 0.3) is 0 Å². The van der Waals surface area contributed by atoms with Gasteiger partial charge in [-0.25, -0.2) is 4.39 Å². The summed E-state index contributed by atoms with van der Waals surface area (Å²) in [5.41, 5.74) is 2.90. The standard InChI is InChI=1S/C18H19FO2/c1-12(20)18-16(19)7-4-8-17(18)21-15-10-9-13-5-2-3-6-14(13)11-15/h4,7-12,20H,2-3,5-6H2,1H3/t12-/m0/s1. The number of aryl methyl sites for hydroxylation is 2. The predicted molar refractivity (Wildman–Crippen MR) is 80.2 cm³/mol. The van der Waals surface area contributed by atoms with Crippen LogP contribution in [-0.2, 0) is 12.8 Å². The van der Waals surface area contributed by atoms with Gasteiger partial charge in [-0.3, -0.25) is 0 Å². The molecule has 1 aliphatic rings. The molecule has 1 aliphatic carbocycles. The summed E-state index contributed by atoms with van der Waals surface area (Å²) in [5.74, 6) is 0.629. The Labute approximate surface area is 124 Å². The van der Waals surface area contributed by atoms with Crippen LogP contribution >= 0.6 is 0 Å². The van der Waals surface area contributed by atoms with Crippen LogP contribution in [0.3, 0.4) is 0 Å². The van der Waals surface area contributed by atoms with Gasteiger partial charge in [0.05, 0.1) is 11.7 Å². The lowest BCUT2D eigenvalue weighted by Crippen LogP contribution is -2.03. The van der Waals surface area contributed by atoms with Crippen LogP contribution in [0.15, 0.2) is 36.4 Å². The number of rotatable bonds is 3. The average molecular weight is 286 g/mol. The van der Waals surface area contributed by atoms with Crippen molar-refractivity contribution >= 4 is 0 Å². The van der Waals surface area contributed by atoms with Crippen LogP contribution < -0.4 is 4.74 Å². The highest BCUT2D eigenvalue weighted by Crippen LogP contribution is 2.33. The first-order chi connectivity index (χ1) is 10.1. The van der Waals surface area contributed by atoms with E-state index in [-0.39, 0.29) is 5.56 Å². The Morgan fingerprint density at radius 2 is 1.86 bits per heavy atom. The van der Waals surface area contributed by atoms with Gasteiger partial charge in [-0.05, 0) is 68.0 Å². The highest BCUT2D eigenvalue weighted by atomic mass is 19.1. The van der Waals surface area contributed by atoms with Gasteiger partial charge in [0.2, 0.25) is 0 Å². The maximum absolute atomic E-state index is 13.8. The molecule has 0 heterocycles. The van der Waals surface area contributed by atoms with E-state index in [0.29, 0.717) is 11.5 Å². The van der Waals surface area contributed by atoms with E-state index in [1.807, 2.05) is 12.1 Å². The molecule has 0 bridgehead atoms. The van der Waals surface area contributed by atoms with E-state index in [2.05, 4.69) is 6.07 Å². The van der Waals surface area contributed by atoms with Crippen molar-refractivity contribution in [1.29, 1.82) is 0 Å². The van der Waals surface area contributed by atoms with E-state index in [1.165, 1.54) is 37.0 Å². The number of benzene rings is 2. The molecule has 0 radical (unpaired) electrons. The fraction of sp³-hybridized carbons (Fsp3) is 0.333. The van der Waals surface area contributed by atoms with Crippen molar-refractivity contribution in [3.05, 3.63) is 58.9 Å². The number of hydrogen-bond acceptors (Lipinski definition) is 2. The SMILES string of the molecule is C[C@H](O)c1c(F)cccc1Oc1ccc2c(c1)CCCC2. The molecule has 0 aromatic heterocycles. The molecule has 21 heavy (non-hydrogen) atoms. The fourth-order valence-corrected chi connectivity index (χ4v) is 2.91. The van der Waals surface area contributed by atoms with Crippen LogP contribution in [0.5, 0.6) is 11.5 Å². The molecule has 2 aromatic carbocycles. The summed E-state index contributed by atoms with van der Waals surface area (Å²) in [6, 6.07) is 10.7. The molecule has 0 fully saturated rings. The van der Waals surface area contributed by atoms with Crippen molar-refractivity contribution in [1.82, 2.24) is 0 Å². The Kier molecular flexibility index (Phi) is 3.93. The lowest BCUT2D eigenvalue weighted by Gasteiger charge is -2.18. The van der Waals surface area contributed by atoms with Crippen molar-refractivity contribution in [3.8, 4) is 11.5 Å². The minimum Gasteiger partial charge on any atom is -0.457 e. The van der Waals surface area contributed by atoms with Crippen molar-refractivity contribution in [3.63, 3.8) is 0 Å². The molecule has 1 N–H and O–H groups in total. The zero-order valence-corrected chi connectivity index (χ0v) is 12.1. The minimum absolute atomic E-state index is 0.204. The molecule has 0 aliphatic heterocycles. The smallest absolute Gasteiger partial charge is 0.136 e. The molecule has 0 amide bonds. The summed E-state index contributed by atoms with van der Waals surface area (Å²) in [4.78, 5) is 0. The van der Waals surface area contributed by atoms with Crippen molar-refractivity contribution in [2.24, 2.45) is 0 Å².